The summed E-state index contributed by atoms with van der Waals surface area (Å²) in [5.74, 6) is -2.34. The van der Waals surface area contributed by atoms with E-state index in [1.807, 2.05) is 6.92 Å². The summed E-state index contributed by atoms with van der Waals surface area (Å²) in [6.07, 6.45) is -8.63. The second kappa shape index (κ2) is 9.70. The number of benzene rings is 2. The highest BCUT2D eigenvalue weighted by atomic mass is 32.1. The monoisotopic (exact) mass is 491 g/mol. The van der Waals surface area contributed by atoms with Gasteiger partial charge in [0.15, 0.2) is 0 Å². The number of aromatic nitrogens is 1. The van der Waals surface area contributed by atoms with Gasteiger partial charge in [0.2, 0.25) is 0 Å². The lowest BCUT2D eigenvalue weighted by Gasteiger charge is -2.17. The minimum atomic E-state index is -5.08. The first kappa shape index (κ1) is 25.0. The van der Waals surface area contributed by atoms with Gasteiger partial charge in [0.1, 0.15) is 28.6 Å². The van der Waals surface area contributed by atoms with Crippen molar-refractivity contribution in [3.05, 3.63) is 69.3 Å². The Bertz CT molecular complexity index is 1100. The van der Waals surface area contributed by atoms with Crippen molar-refractivity contribution in [1.82, 2.24) is 4.37 Å². The van der Waals surface area contributed by atoms with E-state index in [1.54, 1.807) is 31.2 Å². The molecule has 0 radical (unpaired) electrons. The fraction of sp³-hybridized carbons (Fsp3) is 0.348. The normalized spacial score (nSPS) is 12.3. The third-order valence-corrected chi connectivity index (χ3v) is 5.97. The second-order valence-corrected chi connectivity index (χ2v) is 8.11. The molecule has 10 heteroatoms. The number of aryl methyl sites for hydroxylation is 2. The lowest BCUT2D eigenvalue weighted by atomic mass is 10.0. The van der Waals surface area contributed by atoms with Crippen molar-refractivity contribution in [2.24, 2.45) is 0 Å². The van der Waals surface area contributed by atoms with Gasteiger partial charge < -0.3 is 4.74 Å². The molecule has 0 saturated heterocycles. The third kappa shape index (κ3) is 5.48. The van der Waals surface area contributed by atoms with Crippen LogP contribution in [0.4, 0.5) is 30.7 Å². The Balaban J connectivity index is 2.03. The number of alkyl halides is 6. The maximum atomic E-state index is 14.6. The van der Waals surface area contributed by atoms with Crippen LogP contribution < -0.4 is 4.74 Å². The number of rotatable bonds is 7. The van der Waals surface area contributed by atoms with Crippen LogP contribution in [-0.2, 0) is 31.8 Å². The van der Waals surface area contributed by atoms with Gasteiger partial charge in [0, 0.05) is 11.1 Å². The Morgan fingerprint density at radius 1 is 0.909 bits per heavy atom. The molecule has 0 N–H and O–H groups in total. The highest BCUT2D eigenvalue weighted by Crippen LogP contribution is 2.43. The highest BCUT2D eigenvalue weighted by molar-refractivity contribution is 7.06. The molecule has 0 aliphatic carbocycles. The molecule has 0 atom stereocenters. The Morgan fingerprint density at radius 3 is 2.12 bits per heavy atom. The summed E-state index contributed by atoms with van der Waals surface area (Å²) >= 11 is 0.194. The third-order valence-electron chi connectivity index (χ3n) is 5.04. The first-order valence-electron chi connectivity index (χ1n) is 10.1. The van der Waals surface area contributed by atoms with Gasteiger partial charge in [-0.3, -0.25) is 0 Å². The molecule has 0 bridgehead atoms. The van der Waals surface area contributed by atoms with Crippen molar-refractivity contribution < 1.29 is 35.5 Å². The Morgan fingerprint density at radius 2 is 1.58 bits per heavy atom. The van der Waals surface area contributed by atoms with Crippen LogP contribution in [0.1, 0.15) is 47.4 Å². The fourth-order valence-corrected chi connectivity index (χ4v) is 4.16. The smallest absolute Gasteiger partial charge is 0.427 e. The largest absolute Gasteiger partial charge is 0.488 e. The van der Waals surface area contributed by atoms with E-state index >= 15 is 0 Å². The van der Waals surface area contributed by atoms with E-state index in [9.17, 15) is 30.7 Å². The maximum absolute atomic E-state index is 14.6. The predicted octanol–water partition coefficient (Wildman–Crippen LogP) is 8.08. The molecule has 2 nitrogen and oxygen atoms in total. The van der Waals surface area contributed by atoms with Gasteiger partial charge in [-0.15, -0.1) is 0 Å². The molecule has 1 heterocycles. The zero-order chi connectivity index (χ0) is 24.4. The summed E-state index contributed by atoms with van der Waals surface area (Å²) in [4.78, 5) is -1.08. The Hall–Kier alpha value is -2.62. The van der Waals surface area contributed by atoms with Gasteiger partial charge in [-0.05, 0) is 41.6 Å². The summed E-state index contributed by atoms with van der Waals surface area (Å²) in [6, 6.07) is 8.76. The molecule has 3 rings (SSSR count). The van der Waals surface area contributed by atoms with Crippen molar-refractivity contribution in [3.63, 3.8) is 0 Å². The van der Waals surface area contributed by atoms with Crippen LogP contribution in [0.25, 0.3) is 11.3 Å². The topological polar surface area (TPSA) is 22.1 Å². The number of halogens is 7. The first-order valence-corrected chi connectivity index (χ1v) is 10.9. The summed E-state index contributed by atoms with van der Waals surface area (Å²) in [5, 5.41) is 0. The minimum Gasteiger partial charge on any atom is -0.488 e. The molecule has 178 valence electrons. The van der Waals surface area contributed by atoms with E-state index in [1.165, 1.54) is 0 Å². The van der Waals surface area contributed by atoms with Crippen molar-refractivity contribution in [2.45, 2.75) is 52.1 Å². The molecule has 0 aliphatic rings. The van der Waals surface area contributed by atoms with Crippen molar-refractivity contribution >= 4 is 11.5 Å². The maximum Gasteiger partial charge on any atom is 0.427 e. The molecule has 0 aliphatic heterocycles. The van der Waals surface area contributed by atoms with Gasteiger partial charge >= 0.3 is 12.4 Å². The van der Waals surface area contributed by atoms with Gasteiger partial charge in [0.05, 0.1) is 5.69 Å². The van der Waals surface area contributed by atoms with Gasteiger partial charge in [-0.25, -0.2) is 4.39 Å². The lowest BCUT2D eigenvalue weighted by molar-refractivity contribution is -0.142. The van der Waals surface area contributed by atoms with Crippen molar-refractivity contribution in [3.8, 4) is 17.0 Å². The minimum absolute atomic E-state index is 0.0355. The van der Waals surface area contributed by atoms with Crippen molar-refractivity contribution in [1.29, 1.82) is 0 Å². The number of nitrogens with zero attached hydrogens (tertiary/aromatic N) is 1. The molecular weight excluding hydrogens is 471 g/mol. The average molecular weight is 491 g/mol. The molecule has 0 spiro atoms. The molecule has 2 aromatic carbocycles. The van der Waals surface area contributed by atoms with E-state index < -0.39 is 46.5 Å². The van der Waals surface area contributed by atoms with Crippen LogP contribution in [0.3, 0.4) is 0 Å². The molecule has 0 saturated carbocycles. The molecular formula is C23H20F7NOS. The van der Waals surface area contributed by atoms with E-state index in [-0.39, 0.29) is 29.2 Å². The SMILES string of the molecule is CCCc1ccc(OCc2c(-c3ccc(CC)cc3)nsc2C(F)(F)F)c(C(F)(F)F)c1F. The van der Waals surface area contributed by atoms with Crippen LogP contribution in [0.5, 0.6) is 5.75 Å². The van der Waals surface area contributed by atoms with Crippen LogP contribution in [-0.4, -0.2) is 4.37 Å². The van der Waals surface area contributed by atoms with Crippen LogP contribution in [0.2, 0.25) is 0 Å². The quantitative estimate of drug-likeness (QED) is 0.312. The van der Waals surface area contributed by atoms with Gasteiger partial charge in [-0.1, -0.05) is 50.6 Å². The summed E-state index contributed by atoms with van der Waals surface area (Å²) in [6.45, 7) is 2.75. The van der Waals surface area contributed by atoms with Gasteiger partial charge in [-0.2, -0.15) is 30.7 Å². The standard InChI is InChI=1S/C23H20F7NOS/c1-3-5-14-10-11-17(18(19(14)24)22(25,26)27)32-12-16-20(31-33-21(16)23(28,29)30)15-8-6-13(4-2)7-9-15/h6-11H,3-5,12H2,1-2H3. The fourth-order valence-electron chi connectivity index (χ4n) is 3.39. The Labute approximate surface area is 190 Å². The molecule has 0 fully saturated rings. The molecule has 0 amide bonds. The first-order chi connectivity index (χ1) is 15.5. The van der Waals surface area contributed by atoms with E-state index in [0.29, 0.717) is 12.0 Å². The summed E-state index contributed by atoms with van der Waals surface area (Å²) in [5.41, 5.74) is -0.867. The summed E-state index contributed by atoms with van der Waals surface area (Å²) in [7, 11) is 0. The highest BCUT2D eigenvalue weighted by Gasteiger charge is 2.40. The van der Waals surface area contributed by atoms with E-state index in [0.717, 1.165) is 24.1 Å². The van der Waals surface area contributed by atoms with E-state index in [2.05, 4.69) is 4.37 Å². The van der Waals surface area contributed by atoms with Crippen LogP contribution in [0.15, 0.2) is 36.4 Å². The zero-order valence-electron chi connectivity index (χ0n) is 17.7. The predicted molar refractivity (Wildman–Crippen MR) is 112 cm³/mol. The molecule has 0 unspecified atom stereocenters. The average Bonchev–Trinajstić information content (AvgIpc) is 3.17. The second-order valence-electron chi connectivity index (χ2n) is 7.34. The molecule has 3 aromatic rings. The number of hydrogen-bond acceptors (Lipinski definition) is 3. The zero-order valence-corrected chi connectivity index (χ0v) is 18.5. The number of ether oxygens (including phenoxy) is 1. The molecule has 33 heavy (non-hydrogen) atoms. The van der Waals surface area contributed by atoms with Gasteiger partial charge in [0.25, 0.3) is 0 Å². The summed E-state index contributed by atoms with van der Waals surface area (Å²) < 4.78 is 105. The van der Waals surface area contributed by atoms with E-state index in [4.69, 9.17) is 4.74 Å². The Kier molecular flexibility index (Phi) is 7.36. The lowest BCUT2D eigenvalue weighted by Crippen LogP contribution is -2.14. The molecule has 1 aromatic heterocycles. The van der Waals surface area contributed by atoms with Crippen molar-refractivity contribution in [2.75, 3.05) is 0 Å². The van der Waals surface area contributed by atoms with Crippen LogP contribution in [0, 0.1) is 5.82 Å². The number of hydrogen-bond donors (Lipinski definition) is 0. The van der Waals surface area contributed by atoms with Crippen LogP contribution >= 0.6 is 11.5 Å².